The molecule has 0 aromatic rings. The Labute approximate surface area is 233 Å². The van der Waals surface area contributed by atoms with Gasteiger partial charge in [-0.2, -0.15) is 0 Å². The number of hydrogen-bond acceptors (Lipinski definition) is 20. The maximum atomic E-state index is 8.33. The molecule has 26 heteroatoms. The minimum absolute atomic E-state index is 0. The van der Waals surface area contributed by atoms with Gasteiger partial charge in [-0.05, 0) is 30.8 Å². The van der Waals surface area contributed by atoms with Crippen molar-refractivity contribution >= 4 is 82.9 Å². The van der Waals surface area contributed by atoms with Gasteiger partial charge in [0.05, 0.1) is 0 Å². The van der Waals surface area contributed by atoms with Gasteiger partial charge in [-0.1, -0.05) is 0 Å². The quantitative estimate of drug-likeness (QED) is 0.221. The number of hydrogen-bond donors (Lipinski definition) is 0. The normalized spacial score (nSPS) is 3.87. The van der Waals surface area contributed by atoms with Gasteiger partial charge in [-0.25, -0.2) is 0 Å². The summed E-state index contributed by atoms with van der Waals surface area (Å²) in [7, 11) is 0. The second kappa shape index (κ2) is 115. The summed E-state index contributed by atoms with van der Waals surface area (Å²) in [6, 6.07) is 0. The summed E-state index contributed by atoms with van der Waals surface area (Å²) >= 11 is 0. The second-order valence-corrected chi connectivity index (χ2v) is 1.25. The SMILES string of the molecule is O=C([O-])[O-].O=C([O-])[O-].O=C([O-])[O-].O=C([O-])[O-].O=C([O-])[O-].[Al+3].[Al+3].[Al+3].[Ni+2].[Ni+2].[Ni+2].[OH-].[OH-].[OH-].[OH-].[OH-]. The van der Waals surface area contributed by atoms with Crippen LogP contribution >= 0.6 is 0 Å². The van der Waals surface area contributed by atoms with E-state index in [0.717, 1.165) is 0 Å². The van der Waals surface area contributed by atoms with Crippen molar-refractivity contribution in [2.45, 2.75) is 0 Å². The zero-order chi connectivity index (χ0) is 17.9. The first kappa shape index (κ1) is 128. The van der Waals surface area contributed by atoms with Gasteiger partial charge in [-0.3, -0.25) is 0 Å². The molecule has 0 aromatic heterocycles. The van der Waals surface area contributed by atoms with E-state index in [1.54, 1.807) is 0 Å². The predicted octanol–water partition coefficient (Wildman–Crippen LogP) is -14.3. The molecular weight excluding hydrogens is 637 g/mol. The van der Waals surface area contributed by atoms with Gasteiger partial charge in [-0.15, -0.1) is 0 Å². The van der Waals surface area contributed by atoms with Crippen molar-refractivity contribution in [3.8, 4) is 0 Å². The molecule has 0 radical (unpaired) electrons. The fraction of sp³-hybridized carbons (Fsp3) is 0. The van der Waals surface area contributed by atoms with Crippen LogP contribution in [0.25, 0.3) is 0 Å². The van der Waals surface area contributed by atoms with Gasteiger partial charge in [0, 0.05) is 0 Å². The van der Waals surface area contributed by atoms with Crippen LogP contribution in [0, 0.1) is 0 Å². The van der Waals surface area contributed by atoms with E-state index in [0.29, 0.717) is 0 Å². The van der Waals surface area contributed by atoms with Crippen LogP contribution in [0.1, 0.15) is 0 Å². The Balaban J connectivity index is -0.00000000595. The van der Waals surface area contributed by atoms with Crippen LogP contribution in [0.4, 0.5) is 24.0 Å². The van der Waals surface area contributed by atoms with E-state index in [2.05, 4.69) is 0 Å². The molecule has 0 amide bonds. The molecule has 0 aliphatic heterocycles. The van der Waals surface area contributed by atoms with Crippen molar-refractivity contribution in [2.75, 3.05) is 0 Å². The van der Waals surface area contributed by atoms with E-state index in [9.17, 15) is 0 Å². The maximum Gasteiger partial charge on any atom is 3.00 e. The van der Waals surface area contributed by atoms with Gasteiger partial charge in [0.15, 0.2) is 0 Å². The van der Waals surface area contributed by atoms with E-state index in [4.69, 9.17) is 75.0 Å². The molecule has 0 heterocycles. The molecule has 31 heavy (non-hydrogen) atoms. The first-order valence-corrected chi connectivity index (χ1v) is 3.06. The zero-order valence-corrected chi connectivity index (χ0v) is 20.0. The molecule has 0 unspecified atom stereocenters. The molecule has 0 aromatic carbocycles. The third kappa shape index (κ3) is 36400. The van der Waals surface area contributed by atoms with E-state index < -0.39 is 30.8 Å². The summed E-state index contributed by atoms with van der Waals surface area (Å²) in [6.07, 6.45) is -11.7. The molecule has 0 rings (SSSR count). The fourth-order valence-electron chi connectivity index (χ4n) is 0. The first-order chi connectivity index (χ1) is 8.66. The van der Waals surface area contributed by atoms with Crippen LogP contribution in [0.5, 0.6) is 0 Å². The predicted molar refractivity (Wildman–Crippen MR) is 53.9 cm³/mol. The number of carboxylic acid groups (broad SMARTS) is 10. The van der Waals surface area contributed by atoms with E-state index in [1.165, 1.54) is 0 Å². The minimum Gasteiger partial charge on any atom is -0.870 e. The smallest absolute Gasteiger partial charge is 0.870 e. The summed E-state index contributed by atoms with van der Waals surface area (Å²) in [5.41, 5.74) is 0. The van der Waals surface area contributed by atoms with Gasteiger partial charge in [0.25, 0.3) is 0 Å². The standard InChI is InChI=1S/5CH2O3.3Al.3Ni.5H2O/c5*2-1(3)4;;;;;;;;;;;/h5*(H2,2,3,4);;;;;;;5*1H2/q;;;;;3*+3;3*+2;;;;;/p-15. The van der Waals surface area contributed by atoms with Gasteiger partial charge in [0.1, 0.15) is 0 Å². The van der Waals surface area contributed by atoms with Gasteiger partial charge in [0.2, 0.25) is 0 Å². The Morgan fingerprint density at radius 3 is 0.290 bits per heavy atom. The molecule has 0 fully saturated rings. The third-order valence-corrected chi connectivity index (χ3v) is 0. The zero-order valence-electron chi connectivity index (χ0n) is 13.5. The largest absolute Gasteiger partial charge is 3.00 e. The molecular formula is C5H5Al3Ni3O20. The summed E-state index contributed by atoms with van der Waals surface area (Å²) in [5, 5.41) is 83.3. The minimum atomic E-state index is -2.33. The summed E-state index contributed by atoms with van der Waals surface area (Å²) < 4.78 is 0. The summed E-state index contributed by atoms with van der Waals surface area (Å²) in [5.74, 6) is 0. The Hall–Kier alpha value is -0.772. The Kier molecular flexibility index (Phi) is 473. The molecule has 20 nitrogen and oxygen atoms in total. The Morgan fingerprint density at radius 2 is 0.290 bits per heavy atom. The molecule has 0 saturated heterocycles. The molecule has 0 aliphatic rings. The van der Waals surface area contributed by atoms with Crippen molar-refractivity contribution in [1.82, 2.24) is 0 Å². The van der Waals surface area contributed by atoms with E-state index in [1.807, 2.05) is 0 Å². The number of carbonyl (C=O) groups is 5. The van der Waals surface area contributed by atoms with Crippen molar-refractivity contribution in [1.29, 1.82) is 0 Å². The average molecular weight is 642 g/mol. The molecule has 184 valence electrons. The summed E-state index contributed by atoms with van der Waals surface area (Å²) in [6.45, 7) is 0. The van der Waals surface area contributed by atoms with Gasteiger partial charge < -0.3 is 102 Å². The molecule has 0 aliphatic carbocycles. The molecule has 0 bridgehead atoms. The van der Waals surface area contributed by atoms with Crippen LogP contribution in [0.3, 0.4) is 0 Å². The molecule has 0 atom stereocenters. The average Bonchev–Trinajstić information content (AvgIpc) is 1.94. The summed E-state index contributed by atoms with van der Waals surface area (Å²) in [4.78, 5) is 41.7. The second-order valence-electron chi connectivity index (χ2n) is 1.25. The first-order valence-electron chi connectivity index (χ1n) is 3.06. The van der Waals surface area contributed by atoms with Crippen LogP contribution in [0.15, 0.2) is 0 Å². The van der Waals surface area contributed by atoms with Gasteiger partial charge >= 0.3 is 102 Å². The van der Waals surface area contributed by atoms with Crippen LogP contribution in [-0.2, 0) is 49.5 Å². The molecule has 0 spiro atoms. The fourth-order valence-corrected chi connectivity index (χ4v) is 0. The van der Waals surface area contributed by atoms with Crippen molar-refractivity contribution in [3.63, 3.8) is 0 Å². The third-order valence-electron chi connectivity index (χ3n) is 0. The van der Waals surface area contributed by atoms with Crippen LogP contribution in [0.2, 0.25) is 0 Å². The monoisotopic (exact) mass is 640 g/mol. The molecule has 5 N–H and O–H groups in total. The van der Waals surface area contributed by atoms with E-state index >= 15 is 0 Å². The topological polar surface area (TPSA) is 466 Å². The Bertz CT molecular complexity index is 231. The maximum absolute atomic E-state index is 8.33. The van der Waals surface area contributed by atoms with Crippen LogP contribution in [-0.4, -0.2) is 110 Å². The Morgan fingerprint density at radius 1 is 0.290 bits per heavy atom. The van der Waals surface area contributed by atoms with E-state index in [-0.39, 0.29) is 129 Å². The molecule has 0 saturated carbocycles. The van der Waals surface area contributed by atoms with Crippen LogP contribution < -0.4 is 51.1 Å². The number of rotatable bonds is 0. The van der Waals surface area contributed by atoms with Crippen molar-refractivity contribution < 1.29 is 152 Å². The van der Waals surface area contributed by atoms with Crippen molar-refractivity contribution in [2.24, 2.45) is 0 Å². The van der Waals surface area contributed by atoms with Crippen molar-refractivity contribution in [3.05, 3.63) is 0 Å². The number of carbonyl (C=O) groups excluding carboxylic acids is 5.